The average Bonchev–Trinajstić information content (AvgIpc) is 2.90. The van der Waals surface area contributed by atoms with Gasteiger partial charge in [-0.15, -0.1) is 0 Å². The fraction of sp³-hybridized carbons (Fsp3) is 0.529. The summed E-state index contributed by atoms with van der Waals surface area (Å²) < 4.78 is 7.58. The number of carbonyl (C=O) groups excluding carboxylic acids is 1. The van der Waals surface area contributed by atoms with Crippen molar-refractivity contribution in [1.82, 2.24) is 14.5 Å². The van der Waals surface area contributed by atoms with Crippen LogP contribution in [0.3, 0.4) is 0 Å². The Kier molecular flexibility index (Phi) is 3.18. The zero-order valence-corrected chi connectivity index (χ0v) is 13.0. The summed E-state index contributed by atoms with van der Waals surface area (Å²) in [4.78, 5) is 15.1. The van der Waals surface area contributed by atoms with Gasteiger partial charge < -0.3 is 9.64 Å². The number of hydrogen-bond donors (Lipinski definition) is 0. The summed E-state index contributed by atoms with van der Waals surface area (Å²) in [5.41, 5.74) is 2.15. The van der Waals surface area contributed by atoms with Crippen LogP contribution < -0.4 is 0 Å². The highest BCUT2D eigenvalue weighted by atomic mass is 16.5. The number of ether oxygens (including phenoxy) is 1. The van der Waals surface area contributed by atoms with Crippen molar-refractivity contribution in [2.45, 2.75) is 50.8 Å². The van der Waals surface area contributed by atoms with E-state index in [-0.39, 0.29) is 12.1 Å². The molecule has 22 heavy (non-hydrogen) atoms. The molecule has 0 amide bonds. The van der Waals surface area contributed by atoms with Crippen molar-refractivity contribution in [3.8, 4) is 0 Å². The molecule has 0 aromatic carbocycles. The molecule has 3 atom stereocenters. The van der Waals surface area contributed by atoms with Gasteiger partial charge in [-0.1, -0.05) is 6.07 Å². The van der Waals surface area contributed by atoms with Crippen LogP contribution in [-0.2, 0) is 4.74 Å². The average molecular weight is 299 g/mol. The Hall–Kier alpha value is -1.88. The number of hydrogen-bond acceptors (Lipinski definition) is 4. The van der Waals surface area contributed by atoms with Crippen molar-refractivity contribution in [1.29, 1.82) is 0 Å². The lowest BCUT2D eigenvalue weighted by atomic mass is 10.0. The van der Waals surface area contributed by atoms with E-state index in [4.69, 9.17) is 4.74 Å². The Balaban J connectivity index is 1.56. The van der Waals surface area contributed by atoms with E-state index in [1.807, 2.05) is 31.3 Å². The molecule has 2 bridgehead atoms. The molecule has 2 aromatic heterocycles. The minimum Gasteiger partial charge on any atom is -0.459 e. The molecule has 5 nitrogen and oxygen atoms in total. The van der Waals surface area contributed by atoms with Crippen LogP contribution in [0.5, 0.6) is 0 Å². The maximum Gasteiger partial charge on any atom is 0.342 e. The maximum absolute atomic E-state index is 12.6. The zero-order valence-electron chi connectivity index (χ0n) is 13.0. The van der Waals surface area contributed by atoms with Crippen molar-refractivity contribution in [3.05, 3.63) is 35.7 Å². The minimum absolute atomic E-state index is 0.0410. The van der Waals surface area contributed by atoms with Crippen LogP contribution in [-0.4, -0.2) is 45.7 Å². The molecule has 2 aliphatic rings. The van der Waals surface area contributed by atoms with Crippen LogP contribution in [0.2, 0.25) is 0 Å². The second-order valence-electron chi connectivity index (χ2n) is 6.54. The van der Waals surface area contributed by atoms with Crippen LogP contribution in [0.15, 0.2) is 24.4 Å². The SMILES string of the molecule is Cc1nn2ccccc2c1C(=O)OC1C[C@H]2CC[C@@H](C1)N2C. The zero-order chi connectivity index (χ0) is 15.3. The summed E-state index contributed by atoms with van der Waals surface area (Å²) in [6.45, 7) is 1.86. The maximum atomic E-state index is 12.6. The highest BCUT2D eigenvalue weighted by molar-refractivity contribution is 5.98. The summed E-state index contributed by atoms with van der Waals surface area (Å²) in [5, 5.41) is 4.39. The van der Waals surface area contributed by atoms with Gasteiger partial charge >= 0.3 is 5.97 Å². The molecule has 0 aliphatic carbocycles. The van der Waals surface area contributed by atoms with E-state index in [1.54, 1.807) is 4.52 Å². The van der Waals surface area contributed by atoms with Gasteiger partial charge in [-0.05, 0) is 38.9 Å². The first-order valence-corrected chi connectivity index (χ1v) is 8.00. The van der Waals surface area contributed by atoms with E-state index >= 15 is 0 Å². The molecule has 116 valence electrons. The molecule has 2 aromatic rings. The number of rotatable bonds is 2. The first-order chi connectivity index (χ1) is 10.6. The third-order valence-corrected chi connectivity index (χ3v) is 5.25. The van der Waals surface area contributed by atoms with Gasteiger partial charge in [0.05, 0.1) is 11.2 Å². The largest absolute Gasteiger partial charge is 0.459 e. The van der Waals surface area contributed by atoms with Crippen LogP contribution in [0.4, 0.5) is 0 Å². The number of esters is 1. The van der Waals surface area contributed by atoms with Gasteiger partial charge in [0.2, 0.25) is 0 Å². The molecule has 1 unspecified atom stereocenters. The molecule has 4 heterocycles. The Morgan fingerprint density at radius 2 is 2.00 bits per heavy atom. The second kappa shape index (κ2) is 5.09. The Labute approximate surface area is 129 Å². The molecule has 0 N–H and O–H groups in total. The monoisotopic (exact) mass is 299 g/mol. The molecule has 0 radical (unpaired) electrons. The number of fused-ring (bicyclic) bond motifs is 3. The summed E-state index contributed by atoms with van der Waals surface area (Å²) in [7, 11) is 2.19. The topological polar surface area (TPSA) is 46.8 Å². The normalized spacial score (nSPS) is 28.2. The molecular weight excluding hydrogens is 278 g/mol. The van der Waals surface area contributed by atoms with E-state index in [1.165, 1.54) is 12.8 Å². The Morgan fingerprint density at radius 1 is 1.27 bits per heavy atom. The van der Waals surface area contributed by atoms with Crippen LogP contribution in [0.25, 0.3) is 5.52 Å². The Bertz CT molecular complexity index is 710. The number of aromatic nitrogens is 2. The molecule has 2 aliphatic heterocycles. The van der Waals surface area contributed by atoms with E-state index in [2.05, 4.69) is 17.0 Å². The van der Waals surface area contributed by atoms with Gasteiger partial charge in [-0.3, -0.25) is 0 Å². The lowest BCUT2D eigenvalue weighted by molar-refractivity contribution is -0.000328. The predicted octanol–water partition coefficient (Wildman–Crippen LogP) is 2.42. The minimum atomic E-state index is -0.229. The Morgan fingerprint density at radius 3 is 2.73 bits per heavy atom. The van der Waals surface area contributed by atoms with Gasteiger partial charge in [0, 0.05) is 31.1 Å². The first kappa shape index (κ1) is 13.8. The summed E-state index contributed by atoms with van der Waals surface area (Å²) in [6.07, 6.45) is 6.26. The first-order valence-electron chi connectivity index (χ1n) is 8.00. The summed E-state index contributed by atoms with van der Waals surface area (Å²) >= 11 is 0. The molecular formula is C17H21N3O2. The lowest BCUT2D eigenvalue weighted by Crippen LogP contribution is -2.43. The molecule has 0 saturated carbocycles. The highest BCUT2D eigenvalue weighted by Gasteiger charge is 2.40. The van der Waals surface area contributed by atoms with Crippen molar-refractivity contribution in [3.63, 3.8) is 0 Å². The van der Waals surface area contributed by atoms with Crippen LogP contribution in [0.1, 0.15) is 41.7 Å². The number of aryl methyl sites for hydroxylation is 1. The molecule has 4 rings (SSSR count). The molecule has 0 spiro atoms. The van der Waals surface area contributed by atoms with E-state index < -0.39 is 0 Å². The highest BCUT2D eigenvalue weighted by Crippen LogP contribution is 2.35. The van der Waals surface area contributed by atoms with Crippen LogP contribution >= 0.6 is 0 Å². The quantitative estimate of drug-likeness (QED) is 0.799. The van der Waals surface area contributed by atoms with Gasteiger partial charge in [-0.25, -0.2) is 9.31 Å². The molecule has 5 heteroatoms. The standard InChI is InChI=1S/C17H21N3O2/c1-11-16(15-5-3-4-8-20(15)18-11)17(21)22-14-9-12-6-7-13(10-14)19(12)2/h3-5,8,12-14H,6-7,9-10H2,1-2H3/t12-,13+,14?. The van der Waals surface area contributed by atoms with Crippen molar-refractivity contribution in [2.24, 2.45) is 0 Å². The third-order valence-electron chi connectivity index (χ3n) is 5.25. The van der Waals surface area contributed by atoms with Crippen molar-refractivity contribution >= 4 is 11.5 Å². The van der Waals surface area contributed by atoms with E-state index in [0.29, 0.717) is 17.6 Å². The lowest BCUT2D eigenvalue weighted by Gasteiger charge is -2.35. The van der Waals surface area contributed by atoms with Gasteiger partial charge in [0.25, 0.3) is 0 Å². The second-order valence-corrected chi connectivity index (χ2v) is 6.54. The number of pyridine rings is 1. The third kappa shape index (κ3) is 2.11. The molecule has 2 fully saturated rings. The van der Waals surface area contributed by atoms with Gasteiger partial charge in [0.1, 0.15) is 11.7 Å². The predicted molar refractivity (Wildman–Crippen MR) is 82.9 cm³/mol. The number of piperidine rings is 1. The number of nitrogens with zero attached hydrogens (tertiary/aromatic N) is 3. The van der Waals surface area contributed by atoms with Crippen molar-refractivity contribution in [2.75, 3.05) is 7.05 Å². The van der Waals surface area contributed by atoms with Gasteiger partial charge in [-0.2, -0.15) is 5.10 Å². The smallest absolute Gasteiger partial charge is 0.342 e. The van der Waals surface area contributed by atoms with E-state index in [0.717, 1.165) is 24.1 Å². The fourth-order valence-corrected chi connectivity index (χ4v) is 4.04. The van der Waals surface area contributed by atoms with Gasteiger partial charge in [0.15, 0.2) is 0 Å². The van der Waals surface area contributed by atoms with Crippen molar-refractivity contribution < 1.29 is 9.53 Å². The molecule has 2 saturated heterocycles. The number of carbonyl (C=O) groups is 1. The van der Waals surface area contributed by atoms with Crippen LogP contribution in [0, 0.1) is 6.92 Å². The fourth-order valence-electron chi connectivity index (χ4n) is 4.04. The summed E-state index contributed by atoms with van der Waals surface area (Å²) in [5.74, 6) is -0.229. The summed E-state index contributed by atoms with van der Waals surface area (Å²) in [6, 6.07) is 6.88. The van der Waals surface area contributed by atoms with E-state index in [9.17, 15) is 4.79 Å².